The number of nitrogens with zero attached hydrogens (tertiary/aromatic N) is 4. The van der Waals surface area contributed by atoms with Crippen LogP contribution in [0.25, 0.3) is 5.76 Å². The van der Waals surface area contributed by atoms with Gasteiger partial charge in [0.2, 0.25) is 5.13 Å². The van der Waals surface area contributed by atoms with E-state index < -0.39 is 17.7 Å². The van der Waals surface area contributed by atoms with E-state index in [4.69, 9.17) is 21.1 Å². The van der Waals surface area contributed by atoms with Crippen molar-refractivity contribution in [3.8, 4) is 11.5 Å². The highest BCUT2D eigenvalue weighted by atomic mass is 35.5. The molecule has 0 saturated carbocycles. The normalized spacial score (nSPS) is 16.2. The smallest absolute Gasteiger partial charge is 0.301 e. The molecular weight excluding hydrogens is 596 g/mol. The van der Waals surface area contributed by atoms with Crippen LogP contribution in [0, 0.1) is 0 Å². The lowest BCUT2D eigenvalue weighted by molar-refractivity contribution is -0.132. The molecule has 1 aliphatic rings. The van der Waals surface area contributed by atoms with Crippen LogP contribution in [0.5, 0.6) is 11.5 Å². The maximum absolute atomic E-state index is 13.5. The van der Waals surface area contributed by atoms with Gasteiger partial charge in [0.15, 0.2) is 15.8 Å². The third-order valence-corrected chi connectivity index (χ3v) is 9.04. The number of ether oxygens (including phenoxy) is 2. The first-order valence-corrected chi connectivity index (χ1v) is 15.3. The predicted molar refractivity (Wildman–Crippen MR) is 163 cm³/mol. The van der Waals surface area contributed by atoms with Crippen LogP contribution in [0.3, 0.4) is 0 Å². The summed E-state index contributed by atoms with van der Waals surface area (Å²) in [6.07, 6.45) is 4.85. The van der Waals surface area contributed by atoms with Crippen molar-refractivity contribution in [2.24, 2.45) is 0 Å². The molecule has 4 aromatic rings. The number of benzene rings is 2. The van der Waals surface area contributed by atoms with E-state index in [1.54, 1.807) is 30.3 Å². The number of anilines is 1. The molecule has 1 aliphatic heterocycles. The monoisotopic (exact) mass is 622 g/mol. The highest BCUT2D eigenvalue weighted by molar-refractivity contribution is 8.00. The van der Waals surface area contributed by atoms with Gasteiger partial charge in [-0.1, -0.05) is 72.3 Å². The lowest BCUT2D eigenvalue weighted by Crippen LogP contribution is -2.29. The van der Waals surface area contributed by atoms with Gasteiger partial charge in [-0.2, -0.15) is 0 Å². The van der Waals surface area contributed by atoms with Gasteiger partial charge in [0.05, 0.1) is 25.3 Å². The minimum absolute atomic E-state index is 0.0756. The third-order valence-electron chi connectivity index (χ3n) is 6.57. The van der Waals surface area contributed by atoms with E-state index in [9.17, 15) is 14.7 Å². The van der Waals surface area contributed by atoms with Crippen LogP contribution in [0.4, 0.5) is 5.13 Å². The largest absolute Gasteiger partial charge is 0.507 e. The number of thioether (sulfide) groups is 1. The van der Waals surface area contributed by atoms with Crippen LogP contribution in [0.15, 0.2) is 76.9 Å². The van der Waals surface area contributed by atoms with Gasteiger partial charge in [0.25, 0.3) is 5.78 Å². The fraction of sp³-hybridized carbons (Fsp3) is 0.233. The van der Waals surface area contributed by atoms with Gasteiger partial charge in [-0.15, -0.1) is 10.2 Å². The second-order valence-corrected chi connectivity index (χ2v) is 11.8. The van der Waals surface area contributed by atoms with E-state index in [2.05, 4.69) is 22.1 Å². The number of unbranched alkanes of at least 4 members (excludes halogenated alkanes) is 1. The Balaban J connectivity index is 1.55. The molecule has 0 aliphatic carbocycles. The zero-order valence-corrected chi connectivity index (χ0v) is 25.2. The number of methoxy groups -OCH3 is 1. The summed E-state index contributed by atoms with van der Waals surface area (Å²) in [5, 5.41) is 20.7. The van der Waals surface area contributed by atoms with Crippen molar-refractivity contribution in [3.05, 3.63) is 94.3 Å². The number of hydrogen-bond donors (Lipinski definition) is 1. The molecule has 1 amide bonds. The Hall–Kier alpha value is -3.93. The van der Waals surface area contributed by atoms with E-state index in [0.29, 0.717) is 44.3 Å². The number of Topliss-reactive ketones (excluding diaryl/α,β-unsaturated/α-hetero) is 1. The van der Waals surface area contributed by atoms with Gasteiger partial charge in [-0.3, -0.25) is 19.5 Å². The van der Waals surface area contributed by atoms with Crippen LogP contribution < -0.4 is 14.4 Å². The maximum atomic E-state index is 13.5. The summed E-state index contributed by atoms with van der Waals surface area (Å²) in [7, 11) is 1.52. The van der Waals surface area contributed by atoms with Crippen LogP contribution >= 0.6 is 34.7 Å². The average Bonchev–Trinajstić information content (AvgIpc) is 3.58. The summed E-state index contributed by atoms with van der Waals surface area (Å²) in [4.78, 5) is 32.3. The summed E-state index contributed by atoms with van der Waals surface area (Å²) in [6, 6.07) is 14.9. The highest BCUT2D eigenvalue weighted by Gasteiger charge is 2.48. The highest BCUT2D eigenvalue weighted by Crippen LogP contribution is 2.45. The van der Waals surface area contributed by atoms with Crippen molar-refractivity contribution >= 4 is 57.3 Å². The summed E-state index contributed by atoms with van der Waals surface area (Å²) >= 11 is 8.90. The molecule has 0 radical (unpaired) electrons. The number of amides is 1. The van der Waals surface area contributed by atoms with Crippen molar-refractivity contribution in [3.63, 3.8) is 0 Å². The summed E-state index contributed by atoms with van der Waals surface area (Å²) < 4.78 is 12.1. The molecule has 3 heterocycles. The number of pyridine rings is 1. The molecule has 1 saturated heterocycles. The number of hydrogen-bond acceptors (Lipinski definition) is 10. The molecule has 0 spiro atoms. The fourth-order valence-corrected chi connectivity index (χ4v) is 6.58. The Morgan fingerprint density at radius 2 is 1.88 bits per heavy atom. The number of halogens is 1. The minimum atomic E-state index is -0.994. The van der Waals surface area contributed by atoms with Crippen molar-refractivity contribution < 1.29 is 24.2 Å². The molecule has 9 nitrogen and oxygen atoms in total. The van der Waals surface area contributed by atoms with Gasteiger partial charge in [0, 0.05) is 28.7 Å². The van der Waals surface area contributed by atoms with Crippen molar-refractivity contribution in [1.82, 2.24) is 15.2 Å². The summed E-state index contributed by atoms with van der Waals surface area (Å²) in [5.74, 6) is -0.451. The molecule has 216 valence electrons. The Bertz CT molecular complexity index is 1630. The number of aromatic nitrogens is 3. The van der Waals surface area contributed by atoms with E-state index >= 15 is 0 Å². The molecule has 12 heteroatoms. The molecule has 1 atom stereocenters. The number of rotatable bonds is 11. The molecule has 5 rings (SSSR count). The Morgan fingerprint density at radius 1 is 1.10 bits per heavy atom. The molecule has 2 aromatic heterocycles. The molecule has 1 fully saturated rings. The van der Waals surface area contributed by atoms with Crippen molar-refractivity contribution in [2.75, 3.05) is 18.6 Å². The standard InChI is InChI=1S/C30H27ClN4O5S2/c1-3-4-15-40-22-10-9-19(16-23(22)39-2)25-24(26(36)18-11-13-32-14-12-18)27(37)28(38)35(25)29-33-34-30(42-29)41-17-20-7-5-6-8-21(20)31/h5-14,16,25,36H,3-4,15,17H2,1-2H3/b26-24+. The number of carbonyl (C=O) groups excluding carboxylic acids is 2. The number of ketones is 1. The molecule has 1 unspecified atom stereocenters. The average molecular weight is 623 g/mol. The lowest BCUT2D eigenvalue weighted by atomic mass is 9.95. The zero-order valence-electron chi connectivity index (χ0n) is 22.8. The second kappa shape index (κ2) is 13.4. The van der Waals surface area contributed by atoms with Gasteiger partial charge in [0.1, 0.15) is 5.76 Å². The third kappa shape index (κ3) is 6.13. The molecular formula is C30H27ClN4O5S2. The van der Waals surface area contributed by atoms with Crippen LogP contribution in [-0.2, 0) is 15.3 Å². The second-order valence-electron chi connectivity index (χ2n) is 9.25. The zero-order chi connectivity index (χ0) is 29.6. The maximum Gasteiger partial charge on any atom is 0.301 e. The quantitative estimate of drug-likeness (QED) is 0.0487. The molecule has 0 bridgehead atoms. The van der Waals surface area contributed by atoms with Gasteiger partial charge < -0.3 is 14.6 Å². The Kier molecular flexibility index (Phi) is 9.41. The SMILES string of the molecule is CCCCOc1ccc(C2/C(=C(\O)c3ccncc3)C(=O)C(=O)N2c2nnc(SCc3ccccc3Cl)s2)cc1OC. The predicted octanol–water partition coefficient (Wildman–Crippen LogP) is 6.69. The number of aliphatic hydroxyl groups is 1. The van der Waals surface area contributed by atoms with Crippen LogP contribution in [0.1, 0.15) is 42.5 Å². The first-order chi connectivity index (χ1) is 20.4. The van der Waals surface area contributed by atoms with Crippen LogP contribution in [0.2, 0.25) is 5.02 Å². The van der Waals surface area contributed by atoms with E-state index in [1.165, 1.54) is 47.5 Å². The molecule has 42 heavy (non-hydrogen) atoms. The summed E-state index contributed by atoms with van der Waals surface area (Å²) in [6.45, 7) is 2.59. The first-order valence-electron chi connectivity index (χ1n) is 13.1. The Labute approximate surface area is 256 Å². The van der Waals surface area contributed by atoms with Crippen molar-refractivity contribution in [2.45, 2.75) is 35.9 Å². The topological polar surface area (TPSA) is 115 Å². The van der Waals surface area contributed by atoms with Gasteiger partial charge in [-0.05, 0) is 47.9 Å². The van der Waals surface area contributed by atoms with Crippen molar-refractivity contribution in [1.29, 1.82) is 0 Å². The van der Waals surface area contributed by atoms with E-state index in [1.807, 2.05) is 24.3 Å². The molecule has 2 aromatic carbocycles. The first kappa shape index (κ1) is 29.6. The lowest BCUT2D eigenvalue weighted by Gasteiger charge is -2.23. The minimum Gasteiger partial charge on any atom is -0.507 e. The van der Waals surface area contributed by atoms with E-state index in [-0.39, 0.29) is 16.5 Å². The fourth-order valence-electron chi connectivity index (χ4n) is 4.42. The Morgan fingerprint density at radius 3 is 2.62 bits per heavy atom. The van der Waals surface area contributed by atoms with Crippen LogP contribution in [-0.4, -0.2) is 45.7 Å². The number of aliphatic hydroxyl groups excluding tert-OH is 1. The van der Waals surface area contributed by atoms with E-state index in [0.717, 1.165) is 18.4 Å². The van der Waals surface area contributed by atoms with Gasteiger partial charge >= 0.3 is 5.91 Å². The summed E-state index contributed by atoms with van der Waals surface area (Å²) in [5.41, 5.74) is 1.75. The molecule has 1 N–H and O–H groups in total. The van der Waals surface area contributed by atoms with Gasteiger partial charge in [-0.25, -0.2) is 0 Å². The number of carbonyl (C=O) groups is 2.